The Labute approximate surface area is 84.1 Å². The van der Waals surface area contributed by atoms with Crippen LogP contribution in [0, 0.1) is 17.2 Å². The molecule has 0 aliphatic rings. The molecule has 0 spiro atoms. The highest BCUT2D eigenvalue weighted by atomic mass is 16.5. The highest BCUT2D eigenvalue weighted by molar-refractivity contribution is 5.34. The molecule has 0 amide bonds. The van der Waals surface area contributed by atoms with Crippen molar-refractivity contribution in [3.8, 4) is 11.8 Å². The highest BCUT2D eigenvalue weighted by Crippen LogP contribution is 2.12. The smallest absolute Gasteiger partial charge is 0.119 e. The van der Waals surface area contributed by atoms with E-state index in [1.807, 2.05) is 6.92 Å². The molecule has 1 aromatic carbocycles. The molecule has 0 heterocycles. The quantitative estimate of drug-likeness (QED) is 0.783. The van der Waals surface area contributed by atoms with Gasteiger partial charge in [-0.3, -0.25) is 0 Å². The minimum absolute atomic E-state index is 0.352. The van der Waals surface area contributed by atoms with Gasteiger partial charge >= 0.3 is 0 Å². The first-order valence-electron chi connectivity index (χ1n) is 4.59. The Morgan fingerprint density at radius 3 is 2.57 bits per heavy atom. The highest BCUT2D eigenvalue weighted by Gasteiger charge is 2.00. The molecule has 3 nitrogen and oxygen atoms in total. The van der Waals surface area contributed by atoms with E-state index in [2.05, 4.69) is 6.07 Å². The molecule has 1 unspecified atom stereocenters. The topological polar surface area (TPSA) is 59.0 Å². The van der Waals surface area contributed by atoms with E-state index in [-0.39, 0.29) is 0 Å². The first-order valence-corrected chi connectivity index (χ1v) is 4.59. The second-order valence-corrected chi connectivity index (χ2v) is 3.29. The van der Waals surface area contributed by atoms with Gasteiger partial charge in [-0.1, -0.05) is 6.92 Å². The molecule has 74 valence electrons. The lowest BCUT2D eigenvalue weighted by atomic mass is 10.2. The molecule has 1 rings (SSSR count). The zero-order valence-corrected chi connectivity index (χ0v) is 8.23. The van der Waals surface area contributed by atoms with Crippen LogP contribution < -0.4 is 10.5 Å². The van der Waals surface area contributed by atoms with Crippen molar-refractivity contribution in [2.24, 2.45) is 11.7 Å². The van der Waals surface area contributed by atoms with Gasteiger partial charge in [-0.15, -0.1) is 0 Å². The largest absolute Gasteiger partial charge is 0.493 e. The Bertz CT molecular complexity index is 313. The van der Waals surface area contributed by atoms with Crippen molar-refractivity contribution in [2.75, 3.05) is 13.2 Å². The van der Waals surface area contributed by atoms with E-state index in [0.717, 1.165) is 5.75 Å². The third-order valence-electron chi connectivity index (χ3n) is 1.92. The van der Waals surface area contributed by atoms with Crippen molar-refractivity contribution in [3.05, 3.63) is 29.8 Å². The molecule has 1 aromatic rings. The van der Waals surface area contributed by atoms with Crippen LogP contribution >= 0.6 is 0 Å². The van der Waals surface area contributed by atoms with Crippen LogP contribution in [0.2, 0.25) is 0 Å². The number of rotatable bonds is 4. The number of nitriles is 1. The van der Waals surface area contributed by atoms with E-state index in [4.69, 9.17) is 15.7 Å². The SMILES string of the molecule is CC(CN)COc1ccc(C#N)cc1. The summed E-state index contributed by atoms with van der Waals surface area (Å²) in [5.74, 6) is 1.13. The number of nitrogens with two attached hydrogens (primary N) is 1. The second kappa shape index (κ2) is 5.25. The zero-order valence-electron chi connectivity index (χ0n) is 8.23. The van der Waals surface area contributed by atoms with Crippen LogP contribution in [0.5, 0.6) is 5.75 Å². The minimum atomic E-state index is 0.352. The predicted octanol–water partition coefficient (Wildman–Crippen LogP) is 1.53. The van der Waals surface area contributed by atoms with Gasteiger partial charge in [0.1, 0.15) is 5.75 Å². The Morgan fingerprint density at radius 1 is 1.43 bits per heavy atom. The van der Waals surface area contributed by atoms with Gasteiger partial charge < -0.3 is 10.5 Å². The predicted molar refractivity (Wildman–Crippen MR) is 54.9 cm³/mol. The van der Waals surface area contributed by atoms with Crippen LogP contribution in [0.25, 0.3) is 0 Å². The molecule has 14 heavy (non-hydrogen) atoms. The van der Waals surface area contributed by atoms with Crippen molar-refractivity contribution >= 4 is 0 Å². The standard InChI is InChI=1S/C11H14N2O/c1-9(6-12)8-14-11-4-2-10(7-13)3-5-11/h2-5,9H,6,8,12H2,1H3. The van der Waals surface area contributed by atoms with Gasteiger partial charge in [-0.05, 0) is 30.8 Å². The molecule has 0 aliphatic carbocycles. The molecular weight excluding hydrogens is 176 g/mol. The summed E-state index contributed by atoms with van der Waals surface area (Å²) in [5.41, 5.74) is 6.10. The fourth-order valence-corrected chi connectivity index (χ4v) is 0.932. The number of benzene rings is 1. The third kappa shape index (κ3) is 3.08. The fourth-order valence-electron chi connectivity index (χ4n) is 0.932. The first-order chi connectivity index (χ1) is 6.76. The molecule has 2 N–H and O–H groups in total. The van der Waals surface area contributed by atoms with E-state index >= 15 is 0 Å². The Hall–Kier alpha value is -1.53. The van der Waals surface area contributed by atoms with Crippen molar-refractivity contribution in [3.63, 3.8) is 0 Å². The molecular formula is C11H14N2O. The molecule has 0 saturated carbocycles. The number of hydrogen-bond donors (Lipinski definition) is 1. The van der Waals surface area contributed by atoms with Crippen molar-refractivity contribution in [1.82, 2.24) is 0 Å². The molecule has 0 aliphatic heterocycles. The molecule has 0 radical (unpaired) electrons. The summed E-state index contributed by atoms with van der Waals surface area (Å²) in [6.45, 7) is 3.27. The van der Waals surface area contributed by atoms with Gasteiger partial charge in [0.15, 0.2) is 0 Å². The van der Waals surface area contributed by atoms with Crippen LogP contribution in [-0.4, -0.2) is 13.2 Å². The van der Waals surface area contributed by atoms with Crippen molar-refractivity contribution in [1.29, 1.82) is 5.26 Å². The number of nitrogens with zero attached hydrogens (tertiary/aromatic N) is 1. The second-order valence-electron chi connectivity index (χ2n) is 3.29. The third-order valence-corrected chi connectivity index (χ3v) is 1.92. The van der Waals surface area contributed by atoms with E-state index < -0.39 is 0 Å². The summed E-state index contributed by atoms with van der Waals surface area (Å²) < 4.78 is 5.47. The van der Waals surface area contributed by atoms with Gasteiger partial charge in [0.2, 0.25) is 0 Å². The van der Waals surface area contributed by atoms with Crippen LogP contribution in [0.4, 0.5) is 0 Å². The molecule has 3 heteroatoms. The fraction of sp³-hybridized carbons (Fsp3) is 0.364. The Morgan fingerprint density at radius 2 is 2.07 bits per heavy atom. The van der Waals surface area contributed by atoms with E-state index in [1.165, 1.54) is 0 Å². The average molecular weight is 190 g/mol. The summed E-state index contributed by atoms with van der Waals surface area (Å²) in [6.07, 6.45) is 0. The number of ether oxygens (including phenoxy) is 1. The molecule has 0 saturated heterocycles. The summed E-state index contributed by atoms with van der Waals surface area (Å²) in [5, 5.41) is 8.58. The lowest BCUT2D eigenvalue weighted by Crippen LogP contribution is -2.18. The maximum absolute atomic E-state index is 8.58. The van der Waals surface area contributed by atoms with Crippen LogP contribution in [0.1, 0.15) is 12.5 Å². The monoisotopic (exact) mass is 190 g/mol. The summed E-state index contributed by atoms with van der Waals surface area (Å²) in [6, 6.07) is 9.12. The Balaban J connectivity index is 2.49. The van der Waals surface area contributed by atoms with E-state index in [1.54, 1.807) is 24.3 Å². The molecule has 1 atom stereocenters. The summed E-state index contributed by atoms with van der Waals surface area (Å²) >= 11 is 0. The molecule has 0 fully saturated rings. The molecule has 0 aromatic heterocycles. The average Bonchev–Trinajstić information content (AvgIpc) is 2.26. The minimum Gasteiger partial charge on any atom is -0.493 e. The van der Waals surface area contributed by atoms with Gasteiger partial charge in [0, 0.05) is 5.92 Å². The van der Waals surface area contributed by atoms with Gasteiger partial charge in [0.05, 0.1) is 18.2 Å². The number of hydrogen-bond acceptors (Lipinski definition) is 3. The molecule has 0 bridgehead atoms. The van der Waals surface area contributed by atoms with Crippen LogP contribution in [0.3, 0.4) is 0 Å². The normalized spacial score (nSPS) is 11.8. The van der Waals surface area contributed by atoms with Gasteiger partial charge in [-0.25, -0.2) is 0 Å². The maximum Gasteiger partial charge on any atom is 0.119 e. The van der Waals surface area contributed by atoms with E-state index in [9.17, 15) is 0 Å². The van der Waals surface area contributed by atoms with Crippen LogP contribution in [0.15, 0.2) is 24.3 Å². The maximum atomic E-state index is 8.58. The first kappa shape index (κ1) is 10.6. The van der Waals surface area contributed by atoms with Crippen molar-refractivity contribution < 1.29 is 4.74 Å². The van der Waals surface area contributed by atoms with Gasteiger partial charge in [0.25, 0.3) is 0 Å². The lowest BCUT2D eigenvalue weighted by Gasteiger charge is -2.10. The van der Waals surface area contributed by atoms with E-state index in [0.29, 0.717) is 24.6 Å². The Kier molecular flexibility index (Phi) is 3.96. The van der Waals surface area contributed by atoms with Gasteiger partial charge in [-0.2, -0.15) is 5.26 Å². The summed E-state index contributed by atoms with van der Waals surface area (Å²) in [7, 11) is 0. The zero-order chi connectivity index (χ0) is 10.4. The van der Waals surface area contributed by atoms with Crippen LogP contribution in [-0.2, 0) is 0 Å². The summed E-state index contributed by atoms with van der Waals surface area (Å²) in [4.78, 5) is 0. The lowest BCUT2D eigenvalue weighted by molar-refractivity contribution is 0.264. The van der Waals surface area contributed by atoms with Crippen molar-refractivity contribution in [2.45, 2.75) is 6.92 Å².